The van der Waals surface area contributed by atoms with E-state index < -0.39 is 23.3 Å². The predicted octanol–water partition coefficient (Wildman–Crippen LogP) is 5.72. The van der Waals surface area contributed by atoms with Crippen molar-refractivity contribution in [1.29, 1.82) is 5.26 Å². The Hall–Kier alpha value is -3.99. The van der Waals surface area contributed by atoms with Gasteiger partial charge in [-0.1, -0.05) is 0 Å². The van der Waals surface area contributed by atoms with Crippen LogP contribution in [0.15, 0.2) is 12.4 Å². The number of benzene rings is 1. The van der Waals surface area contributed by atoms with Crippen LogP contribution in [0.25, 0.3) is 32.2 Å². The SMILES string of the molecule is CN(C1CC1)C1CN(c2ncc3c4c(c(-c5ncc(F)c6sc(NC(=O)OC(C)(C)C)c(C#N)c56)c(F)c3n2)COC4)C1. The van der Waals surface area contributed by atoms with Gasteiger partial charge in [0.15, 0.2) is 11.6 Å². The quantitative estimate of drug-likeness (QED) is 0.305. The van der Waals surface area contributed by atoms with E-state index in [2.05, 4.69) is 38.3 Å². The number of likely N-dealkylation sites (N-methyl/N-ethyl adjacent to an activating group) is 1. The molecule has 3 aliphatic rings. The van der Waals surface area contributed by atoms with E-state index in [1.807, 2.05) is 4.90 Å². The molecule has 1 saturated heterocycles. The topological polar surface area (TPSA) is 116 Å². The highest BCUT2D eigenvalue weighted by Gasteiger charge is 2.39. The molecule has 0 atom stereocenters. The highest BCUT2D eigenvalue weighted by molar-refractivity contribution is 7.23. The molecule has 10 nitrogen and oxygen atoms in total. The van der Waals surface area contributed by atoms with Gasteiger partial charge in [-0.25, -0.2) is 23.5 Å². The number of ether oxygens (including phenoxy) is 2. The van der Waals surface area contributed by atoms with Gasteiger partial charge in [-0.3, -0.25) is 15.2 Å². The Kier molecular flexibility index (Phi) is 6.50. The van der Waals surface area contributed by atoms with Crippen LogP contribution in [0.5, 0.6) is 0 Å². The van der Waals surface area contributed by atoms with Gasteiger partial charge >= 0.3 is 6.09 Å². The molecule has 7 rings (SSSR count). The van der Waals surface area contributed by atoms with E-state index in [-0.39, 0.29) is 50.6 Å². The van der Waals surface area contributed by atoms with Crippen LogP contribution in [-0.2, 0) is 22.7 Å². The summed E-state index contributed by atoms with van der Waals surface area (Å²) in [4.78, 5) is 30.5. The number of hydrogen-bond acceptors (Lipinski definition) is 10. The molecule has 1 amide bonds. The van der Waals surface area contributed by atoms with Gasteiger partial charge in [-0.15, -0.1) is 11.3 Å². The van der Waals surface area contributed by atoms with Crippen LogP contribution in [0.4, 0.5) is 24.5 Å². The van der Waals surface area contributed by atoms with Crippen LogP contribution in [0.1, 0.15) is 50.3 Å². The second-order valence-electron chi connectivity index (χ2n) is 12.2. The summed E-state index contributed by atoms with van der Waals surface area (Å²) in [6.07, 6.45) is 4.29. The van der Waals surface area contributed by atoms with Crippen molar-refractivity contribution in [2.24, 2.45) is 0 Å². The molecule has 0 bridgehead atoms. The number of thiophene rings is 1. The number of aromatic nitrogens is 3. The first-order valence-corrected chi connectivity index (χ1v) is 14.9. The smallest absolute Gasteiger partial charge is 0.412 e. The van der Waals surface area contributed by atoms with Gasteiger partial charge in [-0.2, -0.15) is 5.26 Å². The van der Waals surface area contributed by atoms with E-state index >= 15 is 8.78 Å². The van der Waals surface area contributed by atoms with Crippen LogP contribution < -0.4 is 10.2 Å². The van der Waals surface area contributed by atoms with Crippen molar-refractivity contribution in [1.82, 2.24) is 19.9 Å². The number of pyridine rings is 1. The first-order chi connectivity index (χ1) is 20.5. The van der Waals surface area contributed by atoms with E-state index in [1.165, 1.54) is 12.8 Å². The Morgan fingerprint density at radius 2 is 1.93 bits per heavy atom. The Bertz CT molecular complexity index is 1860. The average molecular weight is 606 g/mol. The van der Waals surface area contributed by atoms with E-state index in [9.17, 15) is 10.1 Å². The fourth-order valence-corrected chi connectivity index (χ4v) is 6.85. The van der Waals surface area contributed by atoms with Crippen molar-refractivity contribution in [3.05, 3.63) is 40.7 Å². The van der Waals surface area contributed by atoms with Gasteiger partial charge in [-0.05, 0) is 51.8 Å². The molecule has 43 heavy (non-hydrogen) atoms. The Morgan fingerprint density at radius 3 is 2.63 bits per heavy atom. The second kappa shape index (κ2) is 10.0. The Balaban J connectivity index is 1.34. The number of carbonyl (C=O) groups excluding carboxylic acids is 1. The van der Waals surface area contributed by atoms with Crippen molar-refractivity contribution in [2.45, 2.75) is 64.5 Å². The molecular formula is C30H29F2N7O3S. The molecule has 0 spiro atoms. The average Bonchev–Trinajstić information content (AvgIpc) is 3.55. The number of rotatable bonds is 5. The van der Waals surface area contributed by atoms with Crippen molar-refractivity contribution in [3.63, 3.8) is 0 Å². The van der Waals surface area contributed by atoms with Crippen molar-refractivity contribution in [3.8, 4) is 17.3 Å². The van der Waals surface area contributed by atoms with E-state index in [4.69, 9.17) is 9.47 Å². The van der Waals surface area contributed by atoms with Gasteiger partial charge in [0.1, 0.15) is 22.2 Å². The minimum Gasteiger partial charge on any atom is -0.444 e. The molecule has 3 aromatic heterocycles. The molecule has 2 aliphatic heterocycles. The normalized spacial score (nSPS) is 16.9. The maximum absolute atomic E-state index is 16.7. The minimum atomic E-state index is -0.794. The number of amides is 1. The third kappa shape index (κ3) is 4.74. The van der Waals surface area contributed by atoms with Crippen LogP contribution in [0.2, 0.25) is 0 Å². The lowest BCUT2D eigenvalue weighted by Crippen LogP contribution is -2.59. The van der Waals surface area contributed by atoms with Crippen LogP contribution in [-0.4, -0.2) is 63.8 Å². The van der Waals surface area contributed by atoms with E-state index in [0.717, 1.165) is 36.2 Å². The van der Waals surface area contributed by atoms with Gasteiger partial charge in [0, 0.05) is 47.7 Å². The summed E-state index contributed by atoms with van der Waals surface area (Å²) in [5.41, 5.74) is 0.755. The third-order valence-corrected chi connectivity index (χ3v) is 9.28. The highest BCUT2D eigenvalue weighted by Crippen LogP contribution is 2.46. The van der Waals surface area contributed by atoms with E-state index in [0.29, 0.717) is 29.0 Å². The standard InChI is InChI=1S/C30H29F2N7O3S/c1-30(2,3)42-29(40)37-27-16(7-33)22-25(34-9-20(31)26(22)43-27)21-19-13-41-12-18(19)17-8-35-28(36-24(17)23(21)32)39-10-15(11-39)38(4)14-5-6-14/h8-9,14-15H,5-6,10-13H2,1-4H3,(H,37,40). The number of nitrogens with one attached hydrogen (secondary N) is 1. The number of anilines is 2. The summed E-state index contributed by atoms with van der Waals surface area (Å²) in [7, 11) is 2.14. The summed E-state index contributed by atoms with van der Waals surface area (Å²) in [6, 6.07) is 3.10. The first-order valence-electron chi connectivity index (χ1n) is 14.1. The Labute approximate surface area is 250 Å². The van der Waals surface area contributed by atoms with Gasteiger partial charge in [0.25, 0.3) is 0 Å². The molecule has 1 aromatic carbocycles. The molecule has 4 aromatic rings. The maximum atomic E-state index is 16.7. The van der Waals surface area contributed by atoms with Crippen LogP contribution in [0.3, 0.4) is 0 Å². The molecule has 1 saturated carbocycles. The number of halogens is 2. The molecule has 5 heterocycles. The maximum Gasteiger partial charge on any atom is 0.412 e. The van der Waals surface area contributed by atoms with Crippen LogP contribution >= 0.6 is 11.3 Å². The summed E-state index contributed by atoms with van der Waals surface area (Å²) in [6.45, 7) is 6.97. The summed E-state index contributed by atoms with van der Waals surface area (Å²) >= 11 is 0.867. The second-order valence-corrected chi connectivity index (χ2v) is 13.3. The molecule has 2 fully saturated rings. The van der Waals surface area contributed by atoms with Crippen molar-refractivity contribution < 1.29 is 23.0 Å². The first kappa shape index (κ1) is 27.8. The largest absolute Gasteiger partial charge is 0.444 e. The fraction of sp³-hybridized carbons (Fsp3) is 0.433. The van der Waals surface area contributed by atoms with Gasteiger partial charge in [0.05, 0.1) is 35.4 Å². The monoisotopic (exact) mass is 605 g/mol. The minimum absolute atomic E-state index is 0.0326. The molecule has 1 N–H and O–H groups in total. The van der Waals surface area contributed by atoms with Crippen molar-refractivity contribution >= 4 is 49.4 Å². The lowest BCUT2D eigenvalue weighted by molar-refractivity contribution is 0.0636. The number of hydrogen-bond donors (Lipinski definition) is 1. The number of fused-ring (bicyclic) bond motifs is 4. The number of carbonyl (C=O) groups is 1. The Morgan fingerprint density at radius 1 is 1.19 bits per heavy atom. The molecular weight excluding hydrogens is 576 g/mol. The van der Waals surface area contributed by atoms with Crippen molar-refractivity contribution in [2.75, 3.05) is 30.4 Å². The number of nitrogens with zero attached hydrogens (tertiary/aromatic N) is 6. The lowest BCUT2D eigenvalue weighted by atomic mass is 9.94. The van der Waals surface area contributed by atoms with Crippen LogP contribution in [0, 0.1) is 23.0 Å². The molecule has 1 aliphatic carbocycles. The highest BCUT2D eigenvalue weighted by atomic mass is 32.1. The zero-order chi connectivity index (χ0) is 30.2. The molecule has 13 heteroatoms. The fourth-order valence-electron chi connectivity index (χ4n) is 5.81. The lowest BCUT2D eigenvalue weighted by Gasteiger charge is -2.44. The zero-order valence-corrected chi connectivity index (χ0v) is 24.9. The van der Waals surface area contributed by atoms with Gasteiger partial charge < -0.3 is 14.4 Å². The molecule has 0 radical (unpaired) electrons. The molecule has 0 unspecified atom stereocenters. The predicted molar refractivity (Wildman–Crippen MR) is 158 cm³/mol. The molecule has 222 valence electrons. The summed E-state index contributed by atoms with van der Waals surface area (Å²) in [5.74, 6) is -0.905. The van der Waals surface area contributed by atoms with Gasteiger partial charge in [0.2, 0.25) is 5.95 Å². The zero-order valence-electron chi connectivity index (χ0n) is 24.1. The third-order valence-electron chi connectivity index (χ3n) is 8.16. The number of nitriles is 1. The summed E-state index contributed by atoms with van der Waals surface area (Å²) < 4.78 is 42.9. The summed E-state index contributed by atoms with van der Waals surface area (Å²) in [5, 5.41) is 13.4. The van der Waals surface area contributed by atoms with E-state index in [1.54, 1.807) is 27.0 Å².